The molecule has 3 rings (SSSR count). The third-order valence-corrected chi connectivity index (χ3v) is 5.80. The summed E-state index contributed by atoms with van der Waals surface area (Å²) in [5, 5.41) is 4.77. The molecule has 0 bridgehead atoms. The van der Waals surface area contributed by atoms with E-state index in [1.54, 1.807) is 0 Å². The Morgan fingerprint density at radius 2 is 2.05 bits per heavy atom. The first kappa shape index (κ1) is 15.2. The lowest BCUT2D eigenvalue weighted by Crippen LogP contribution is -2.65. The number of benzene rings is 1. The van der Waals surface area contributed by atoms with Gasteiger partial charge >= 0.3 is 0 Å². The van der Waals surface area contributed by atoms with Gasteiger partial charge in [-0.25, -0.2) is 0 Å². The zero-order valence-electron chi connectivity index (χ0n) is 13.3. The lowest BCUT2D eigenvalue weighted by atomic mass is 9.79. The van der Waals surface area contributed by atoms with Crippen LogP contribution in [0.25, 0.3) is 0 Å². The molecule has 3 heteroatoms. The number of hydrogen-bond donors (Lipinski definition) is 1. The van der Waals surface area contributed by atoms with Crippen LogP contribution in [0.4, 0.5) is 5.69 Å². The molecule has 0 aromatic heterocycles. The Kier molecular flexibility index (Phi) is 4.46. The Balaban J connectivity index is 1.86. The highest BCUT2D eigenvalue weighted by Gasteiger charge is 2.39. The lowest BCUT2D eigenvalue weighted by molar-refractivity contribution is 0.196. The van der Waals surface area contributed by atoms with Crippen molar-refractivity contribution in [1.82, 2.24) is 5.32 Å². The second-order valence-corrected chi connectivity index (χ2v) is 7.25. The highest BCUT2D eigenvalue weighted by Crippen LogP contribution is 2.35. The van der Waals surface area contributed by atoms with E-state index < -0.39 is 0 Å². The average molecular weight is 307 g/mol. The monoisotopic (exact) mass is 306 g/mol. The molecule has 1 unspecified atom stereocenters. The summed E-state index contributed by atoms with van der Waals surface area (Å²) in [6.45, 7) is 6.59. The van der Waals surface area contributed by atoms with Gasteiger partial charge < -0.3 is 10.2 Å². The van der Waals surface area contributed by atoms with Crippen molar-refractivity contribution in [3.63, 3.8) is 0 Å². The minimum absolute atomic E-state index is 0.335. The van der Waals surface area contributed by atoms with E-state index in [-0.39, 0.29) is 0 Å². The van der Waals surface area contributed by atoms with E-state index in [1.807, 2.05) is 0 Å². The van der Waals surface area contributed by atoms with Crippen molar-refractivity contribution in [1.29, 1.82) is 0 Å². The number of aryl methyl sites for hydroxylation is 1. The van der Waals surface area contributed by atoms with Crippen molar-refractivity contribution in [3.05, 3.63) is 28.8 Å². The molecule has 1 aromatic rings. The summed E-state index contributed by atoms with van der Waals surface area (Å²) in [6, 6.07) is 7.13. The minimum atomic E-state index is 0.335. The molecule has 1 saturated carbocycles. The molecule has 1 atom stereocenters. The Bertz CT molecular complexity index is 494. The van der Waals surface area contributed by atoms with Gasteiger partial charge in [-0.3, -0.25) is 0 Å². The van der Waals surface area contributed by atoms with E-state index in [2.05, 4.69) is 42.3 Å². The van der Waals surface area contributed by atoms with Gasteiger partial charge in [-0.05, 0) is 43.9 Å². The van der Waals surface area contributed by atoms with Gasteiger partial charge in [-0.2, -0.15) is 0 Å². The number of nitrogens with one attached hydrogen (secondary N) is 1. The van der Waals surface area contributed by atoms with E-state index in [0.29, 0.717) is 11.6 Å². The molecule has 1 heterocycles. The highest BCUT2D eigenvalue weighted by molar-refractivity contribution is 6.31. The van der Waals surface area contributed by atoms with Crippen molar-refractivity contribution in [2.24, 2.45) is 0 Å². The van der Waals surface area contributed by atoms with Crippen LogP contribution in [0.2, 0.25) is 5.02 Å². The van der Waals surface area contributed by atoms with Gasteiger partial charge in [-0.1, -0.05) is 43.9 Å². The number of rotatable bonds is 2. The first-order chi connectivity index (χ1) is 10.1. The first-order valence-corrected chi connectivity index (χ1v) is 8.79. The predicted octanol–water partition coefficient (Wildman–Crippen LogP) is 4.54. The van der Waals surface area contributed by atoms with Gasteiger partial charge in [-0.15, -0.1) is 0 Å². The third kappa shape index (κ3) is 3.07. The maximum atomic E-state index is 6.36. The standard InChI is InChI=1S/C18H27ClN2/c1-3-15-12-20-18(9-5-4-6-10-18)13-21(15)16-8-7-14(2)17(19)11-16/h7-8,11,15,20H,3-6,9-10,12-13H2,1-2H3. The quantitative estimate of drug-likeness (QED) is 0.863. The van der Waals surface area contributed by atoms with Crippen molar-refractivity contribution >= 4 is 17.3 Å². The predicted molar refractivity (Wildman–Crippen MR) is 91.4 cm³/mol. The van der Waals surface area contributed by atoms with Crippen LogP contribution in [0, 0.1) is 6.92 Å². The zero-order chi connectivity index (χ0) is 14.9. The maximum Gasteiger partial charge on any atom is 0.0455 e. The Morgan fingerprint density at radius 1 is 1.29 bits per heavy atom. The largest absolute Gasteiger partial charge is 0.365 e. The molecule has 2 nitrogen and oxygen atoms in total. The van der Waals surface area contributed by atoms with Crippen LogP contribution in [0.5, 0.6) is 0 Å². The van der Waals surface area contributed by atoms with Crippen molar-refractivity contribution in [2.75, 3.05) is 18.0 Å². The van der Waals surface area contributed by atoms with E-state index in [0.717, 1.165) is 23.7 Å². The second kappa shape index (κ2) is 6.18. The summed E-state index contributed by atoms with van der Waals surface area (Å²) in [7, 11) is 0. The molecule has 0 radical (unpaired) electrons. The van der Waals surface area contributed by atoms with Crippen LogP contribution < -0.4 is 10.2 Å². The third-order valence-electron chi connectivity index (χ3n) is 5.40. The number of hydrogen-bond acceptors (Lipinski definition) is 2. The molecule has 2 fully saturated rings. The average Bonchev–Trinajstić information content (AvgIpc) is 2.51. The summed E-state index contributed by atoms with van der Waals surface area (Å²) in [4.78, 5) is 2.60. The van der Waals surface area contributed by atoms with Crippen molar-refractivity contribution in [3.8, 4) is 0 Å². The summed E-state index contributed by atoms with van der Waals surface area (Å²) < 4.78 is 0. The van der Waals surface area contributed by atoms with Gasteiger partial charge in [0, 0.05) is 35.4 Å². The van der Waals surface area contributed by atoms with Crippen molar-refractivity contribution < 1.29 is 0 Å². The van der Waals surface area contributed by atoms with Gasteiger partial charge in [0.15, 0.2) is 0 Å². The molecule has 1 aliphatic heterocycles. The van der Waals surface area contributed by atoms with E-state index >= 15 is 0 Å². The summed E-state index contributed by atoms with van der Waals surface area (Å²) in [6.07, 6.45) is 7.95. The molecule has 1 aliphatic carbocycles. The van der Waals surface area contributed by atoms with Crippen LogP contribution in [-0.4, -0.2) is 24.7 Å². The number of anilines is 1. The zero-order valence-corrected chi connectivity index (χ0v) is 14.0. The highest BCUT2D eigenvalue weighted by atomic mass is 35.5. The fourth-order valence-corrected chi connectivity index (χ4v) is 4.12. The first-order valence-electron chi connectivity index (χ1n) is 8.41. The van der Waals surface area contributed by atoms with Crippen LogP contribution in [-0.2, 0) is 0 Å². The molecule has 1 spiro atoms. The van der Waals surface area contributed by atoms with Gasteiger partial charge in [0.1, 0.15) is 0 Å². The SMILES string of the molecule is CCC1CNC2(CCCCC2)CN1c1ccc(C)c(Cl)c1. The van der Waals surface area contributed by atoms with Gasteiger partial charge in [0.2, 0.25) is 0 Å². The molecule has 116 valence electrons. The van der Waals surface area contributed by atoms with E-state index in [9.17, 15) is 0 Å². The molecular formula is C18H27ClN2. The molecule has 21 heavy (non-hydrogen) atoms. The van der Waals surface area contributed by atoms with Crippen LogP contribution in [0.1, 0.15) is 51.0 Å². The van der Waals surface area contributed by atoms with Crippen LogP contribution in [0.15, 0.2) is 18.2 Å². The molecule has 1 aromatic carbocycles. The van der Waals surface area contributed by atoms with Crippen molar-refractivity contribution in [2.45, 2.75) is 64.0 Å². The van der Waals surface area contributed by atoms with Crippen LogP contribution in [0.3, 0.4) is 0 Å². The fraction of sp³-hybridized carbons (Fsp3) is 0.667. The van der Waals surface area contributed by atoms with E-state index in [1.165, 1.54) is 44.2 Å². The molecule has 1 saturated heterocycles. The Hall–Kier alpha value is -0.730. The fourth-order valence-electron chi connectivity index (χ4n) is 3.95. The smallest absolute Gasteiger partial charge is 0.0455 e. The maximum absolute atomic E-state index is 6.36. The topological polar surface area (TPSA) is 15.3 Å². The minimum Gasteiger partial charge on any atom is -0.365 e. The molecule has 0 amide bonds. The number of halogens is 1. The molecular weight excluding hydrogens is 280 g/mol. The lowest BCUT2D eigenvalue weighted by Gasteiger charge is -2.50. The van der Waals surface area contributed by atoms with E-state index in [4.69, 9.17) is 11.6 Å². The molecule has 1 N–H and O–H groups in total. The number of nitrogens with zero attached hydrogens (tertiary/aromatic N) is 1. The van der Waals surface area contributed by atoms with Gasteiger partial charge in [0.05, 0.1) is 0 Å². The summed E-state index contributed by atoms with van der Waals surface area (Å²) >= 11 is 6.36. The summed E-state index contributed by atoms with van der Waals surface area (Å²) in [5.41, 5.74) is 2.79. The Morgan fingerprint density at radius 3 is 2.71 bits per heavy atom. The number of piperazine rings is 1. The summed E-state index contributed by atoms with van der Waals surface area (Å²) in [5.74, 6) is 0. The van der Waals surface area contributed by atoms with Crippen LogP contribution >= 0.6 is 11.6 Å². The second-order valence-electron chi connectivity index (χ2n) is 6.85. The normalized spacial score (nSPS) is 25.3. The Labute approximate surface area is 133 Å². The molecule has 2 aliphatic rings. The van der Waals surface area contributed by atoms with Gasteiger partial charge in [0.25, 0.3) is 0 Å².